The highest BCUT2D eigenvalue weighted by atomic mass is 32.2. The Balaban J connectivity index is 5.20. The van der Waals surface area contributed by atoms with Gasteiger partial charge in [-0.1, -0.05) is 46.5 Å². The predicted octanol–water partition coefficient (Wildman–Crippen LogP) is 3.04. The number of rotatable bonds is 13. The van der Waals surface area contributed by atoms with E-state index >= 15 is 0 Å². The molecular weight excluding hydrogens is 336 g/mol. The van der Waals surface area contributed by atoms with Crippen LogP contribution < -0.4 is 0 Å². The summed E-state index contributed by atoms with van der Waals surface area (Å²) in [5.74, 6) is -2.58. The van der Waals surface area contributed by atoms with Crippen molar-refractivity contribution in [1.29, 1.82) is 0 Å². The topological polar surface area (TPSA) is 118 Å². The minimum absolute atomic E-state index is 0.0901. The van der Waals surface area contributed by atoms with Crippen LogP contribution in [-0.4, -0.2) is 41.4 Å². The molecule has 7 nitrogen and oxygen atoms in total. The number of carbonyl (C=O) groups is 2. The predicted molar refractivity (Wildman–Crippen MR) is 90.3 cm³/mol. The summed E-state index contributed by atoms with van der Waals surface area (Å²) < 4.78 is 37.1. The lowest BCUT2D eigenvalue weighted by Gasteiger charge is -2.27. The number of unbranched alkanes of at least 4 members (excludes halogenated alkanes) is 2. The van der Waals surface area contributed by atoms with Gasteiger partial charge in [0.15, 0.2) is 5.25 Å². The average Bonchev–Trinajstić information content (AvgIpc) is 2.49. The Hall–Kier alpha value is -1.15. The fourth-order valence-electron chi connectivity index (χ4n) is 2.61. The van der Waals surface area contributed by atoms with E-state index < -0.39 is 39.8 Å². The van der Waals surface area contributed by atoms with Gasteiger partial charge < -0.3 is 9.84 Å². The third-order valence-electron chi connectivity index (χ3n) is 4.07. The fourth-order valence-corrected chi connectivity index (χ4v) is 3.26. The largest absolute Gasteiger partial charge is 0.481 e. The minimum Gasteiger partial charge on any atom is -0.481 e. The molecule has 3 unspecified atom stereocenters. The zero-order chi connectivity index (χ0) is 18.8. The number of hydrogen-bond donors (Lipinski definition) is 2. The maximum absolute atomic E-state index is 12.2. The average molecular weight is 366 g/mol. The van der Waals surface area contributed by atoms with E-state index in [9.17, 15) is 18.0 Å². The van der Waals surface area contributed by atoms with E-state index in [1.165, 1.54) is 0 Å². The van der Waals surface area contributed by atoms with Crippen molar-refractivity contribution < 1.29 is 32.4 Å². The summed E-state index contributed by atoms with van der Waals surface area (Å²) in [6, 6.07) is 0. The van der Waals surface area contributed by atoms with Gasteiger partial charge in [0, 0.05) is 0 Å². The lowest BCUT2D eigenvalue weighted by Crippen LogP contribution is -2.38. The molecule has 0 heterocycles. The summed E-state index contributed by atoms with van der Waals surface area (Å²) in [4.78, 5) is 22.9. The van der Waals surface area contributed by atoms with Gasteiger partial charge in [0.1, 0.15) is 6.10 Å². The van der Waals surface area contributed by atoms with Gasteiger partial charge in [0.25, 0.3) is 10.1 Å². The molecule has 0 spiro atoms. The molecule has 0 saturated carbocycles. The van der Waals surface area contributed by atoms with Gasteiger partial charge >= 0.3 is 11.9 Å². The molecule has 0 amide bonds. The van der Waals surface area contributed by atoms with Crippen molar-refractivity contribution in [2.24, 2.45) is 5.92 Å². The number of ether oxygens (including phenoxy) is 1. The highest BCUT2D eigenvalue weighted by molar-refractivity contribution is 7.87. The third-order valence-corrected chi connectivity index (χ3v) is 5.15. The Morgan fingerprint density at radius 3 is 2.00 bits per heavy atom. The van der Waals surface area contributed by atoms with Crippen LogP contribution in [0.25, 0.3) is 0 Å². The molecule has 8 heteroatoms. The number of esters is 1. The van der Waals surface area contributed by atoms with Crippen LogP contribution in [0.3, 0.4) is 0 Å². The Morgan fingerprint density at radius 2 is 1.58 bits per heavy atom. The highest BCUT2D eigenvalue weighted by Gasteiger charge is 2.37. The van der Waals surface area contributed by atoms with Gasteiger partial charge in [-0.2, -0.15) is 8.42 Å². The SMILES string of the molecule is CCCCC(CC)C(CCCC)OC(=O)C(CC(=O)O)S(=O)(=O)O. The molecule has 0 rings (SSSR count). The van der Waals surface area contributed by atoms with E-state index in [1.807, 2.05) is 13.8 Å². The van der Waals surface area contributed by atoms with Crippen LogP contribution in [0.15, 0.2) is 0 Å². The Labute approximate surface area is 144 Å². The van der Waals surface area contributed by atoms with Crippen molar-refractivity contribution in [3.05, 3.63) is 0 Å². The zero-order valence-electron chi connectivity index (χ0n) is 14.7. The molecule has 0 aromatic heterocycles. The monoisotopic (exact) mass is 366 g/mol. The number of carboxylic acids is 1. The van der Waals surface area contributed by atoms with Gasteiger partial charge in [-0.15, -0.1) is 0 Å². The maximum atomic E-state index is 12.2. The smallest absolute Gasteiger partial charge is 0.327 e. The van der Waals surface area contributed by atoms with E-state index in [2.05, 4.69) is 6.92 Å². The van der Waals surface area contributed by atoms with Crippen LogP contribution in [0.4, 0.5) is 0 Å². The quantitative estimate of drug-likeness (QED) is 0.380. The fraction of sp³-hybridized carbons (Fsp3) is 0.875. The van der Waals surface area contributed by atoms with Crippen molar-refractivity contribution in [3.8, 4) is 0 Å². The molecule has 0 radical (unpaired) electrons. The van der Waals surface area contributed by atoms with Crippen LogP contribution in [0.2, 0.25) is 0 Å². The summed E-state index contributed by atoms with van der Waals surface area (Å²) in [5, 5.41) is 6.68. The first-order valence-electron chi connectivity index (χ1n) is 8.55. The van der Waals surface area contributed by atoms with E-state index in [4.69, 9.17) is 14.4 Å². The molecule has 0 aliphatic carbocycles. The first-order valence-corrected chi connectivity index (χ1v) is 10.1. The molecule has 3 atom stereocenters. The summed E-state index contributed by atoms with van der Waals surface area (Å²) >= 11 is 0. The van der Waals surface area contributed by atoms with Gasteiger partial charge in [-0.05, 0) is 25.2 Å². The molecular formula is C16H30O7S. The molecule has 2 N–H and O–H groups in total. The molecule has 24 heavy (non-hydrogen) atoms. The van der Waals surface area contributed by atoms with Crippen LogP contribution in [0.1, 0.15) is 72.1 Å². The summed E-state index contributed by atoms with van der Waals surface area (Å²) in [6.45, 7) is 6.03. The molecule has 142 valence electrons. The Bertz CT molecular complexity index is 487. The van der Waals surface area contributed by atoms with Crippen molar-refractivity contribution in [3.63, 3.8) is 0 Å². The first-order chi connectivity index (χ1) is 11.2. The van der Waals surface area contributed by atoms with Crippen LogP contribution in [0, 0.1) is 5.92 Å². The number of carboxylic acid groups (broad SMARTS) is 1. The first kappa shape index (κ1) is 22.9. The van der Waals surface area contributed by atoms with Gasteiger partial charge in [0.2, 0.25) is 0 Å². The number of carbonyl (C=O) groups excluding carboxylic acids is 1. The Kier molecular flexibility index (Phi) is 10.9. The zero-order valence-corrected chi connectivity index (χ0v) is 15.5. The molecule has 0 bridgehead atoms. The number of aliphatic carboxylic acids is 1. The van der Waals surface area contributed by atoms with E-state index in [-0.39, 0.29) is 5.92 Å². The van der Waals surface area contributed by atoms with Crippen molar-refractivity contribution in [1.82, 2.24) is 0 Å². The molecule has 0 aliphatic rings. The lowest BCUT2D eigenvalue weighted by molar-refractivity contribution is -0.154. The van der Waals surface area contributed by atoms with E-state index in [0.717, 1.165) is 38.5 Å². The van der Waals surface area contributed by atoms with Gasteiger partial charge in [-0.3, -0.25) is 14.1 Å². The maximum Gasteiger partial charge on any atom is 0.327 e. The molecule has 0 aliphatic heterocycles. The van der Waals surface area contributed by atoms with Crippen molar-refractivity contribution in [2.75, 3.05) is 0 Å². The van der Waals surface area contributed by atoms with Gasteiger partial charge in [-0.25, -0.2) is 0 Å². The standard InChI is InChI=1S/C16H30O7S/c1-4-7-9-12(6-3)13(10-8-5-2)23-16(19)14(11-15(17)18)24(20,21)22/h12-14H,4-11H2,1-3H3,(H,17,18)(H,20,21,22). The molecule has 0 aromatic carbocycles. The molecule has 0 fully saturated rings. The lowest BCUT2D eigenvalue weighted by atomic mass is 9.90. The Morgan fingerprint density at radius 1 is 1.04 bits per heavy atom. The van der Waals surface area contributed by atoms with Crippen LogP contribution in [-0.2, 0) is 24.4 Å². The minimum atomic E-state index is -4.83. The van der Waals surface area contributed by atoms with Crippen molar-refractivity contribution in [2.45, 2.75) is 83.5 Å². The molecule has 0 aromatic rings. The van der Waals surface area contributed by atoms with Crippen LogP contribution >= 0.6 is 0 Å². The van der Waals surface area contributed by atoms with E-state index in [0.29, 0.717) is 6.42 Å². The van der Waals surface area contributed by atoms with Gasteiger partial charge in [0.05, 0.1) is 6.42 Å². The number of hydrogen-bond acceptors (Lipinski definition) is 5. The van der Waals surface area contributed by atoms with Crippen molar-refractivity contribution >= 4 is 22.1 Å². The second kappa shape index (κ2) is 11.4. The summed E-state index contributed by atoms with van der Waals surface area (Å²) in [7, 11) is -4.83. The molecule has 0 saturated heterocycles. The summed E-state index contributed by atoms with van der Waals surface area (Å²) in [6.07, 6.45) is 4.42. The summed E-state index contributed by atoms with van der Waals surface area (Å²) in [5.41, 5.74) is 0. The second-order valence-electron chi connectivity index (χ2n) is 6.03. The normalized spacial score (nSPS) is 15.5. The van der Waals surface area contributed by atoms with Crippen LogP contribution in [0.5, 0.6) is 0 Å². The van der Waals surface area contributed by atoms with E-state index in [1.54, 1.807) is 0 Å². The highest BCUT2D eigenvalue weighted by Crippen LogP contribution is 2.25. The second-order valence-corrected chi connectivity index (χ2v) is 7.63. The third kappa shape index (κ3) is 8.63.